The fraction of sp³-hybridized carbons (Fsp3) is 0.667. The average molecular weight is 364 g/mol. The third-order valence-corrected chi connectivity index (χ3v) is 8.19. The fourth-order valence-corrected chi connectivity index (χ4v) is 4.83. The summed E-state index contributed by atoms with van der Waals surface area (Å²) >= 11 is 0. The summed E-state index contributed by atoms with van der Waals surface area (Å²) in [7, 11) is 9.59. The van der Waals surface area contributed by atoms with Gasteiger partial charge in [-0.2, -0.15) is 26.9 Å². The zero-order valence-corrected chi connectivity index (χ0v) is 16.7. The van der Waals surface area contributed by atoms with Gasteiger partial charge in [-0.1, -0.05) is 10.4 Å². The van der Waals surface area contributed by atoms with Crippen molar-refractivity contribution in [3.05, 3.63) is 11.8 Å². The molecule has 0 radical (unpaired) electrons. The van der Waals surface area contributed by atoms with Crippen LogP contribution in [-0.2, 0) is 14.3 Å². The fourth-order valence-electron chi connectivity index (χ4n) is 4.34. The molecule has 1 rings (SSSR count). The number of nitrogens with zero attached hydrogens (tertiary/aromatic N) is 1. The lowest BCUT2D eigenvalue weighted by atomic mass is 9.17. The second-order valence-electron chi connectivity index (χ2n) is 8.79. The van der Waals surface area contributed by atoms with Crippen molar-refractivity contribution in [1.82, 2.24) is 0 Å². The second kappa shape index (κ2) is 5.90. The van der Waals surface area contributed by atoms with Gasteiger partial charge in [0.05, 0.1) is 74.9 Å². The molecule has 0 saturated heterocycles. The topological polar surface area (TPSA) is 67.2 Å². The van der Waals surface area contributed by atoms with E-state index in [1.54, 1.807) is 6.07 Å². The van der Waals surface area contributed by atoms with Gasteiger partial charge in [-0.3, -0.25) is 0 Å². The Kier molecular flexibility index (Phi) is 5.27. The average Bonchev–Trinajstić information content (AvgIpc) is 2.41. The van der Waals surface area contributed by atoms with Crippen molar-refractivity contribution in [2.45, 2.75) is 26.4 Å². The zero-order chi connectivity index (χ0) is 20.3. The van der Waals surface area contributed by atoms with Crippen LogP contribution in [-0.4, -0.2) is 76.7 Å². The molecule has 4 nitrogen and oxygen atoms in total. The monoisotopic (exact) mass is 365 g/mol. The molecule has 0 bridgehead atoms. The highest BCUT2D eigenvalue weighted by Crippen LogP contribution is 2.80. The maximum absolute atomic E-state index is 12.8. The largest absolute Gasteiger partial charge is 0.534 e. The Labute approximate surface area is 154 Å². The van der Waals surface area contributed by atoms with Gasteiger partial charge in [0.25, 0.3) is 0 Å². The van der Waals surface area contributed by atoms with Crippen LogP contribution in [0, 0.1) is 17.2 Å². The normalized spacial score (nSPS) is 25.1. The molecule has 0 aromatic rings. The van der Waals surface area contributed by atoms with E-state index in [1.807, 2.05) is 62.8 Å². The lowest BCUT2D eigenvalue weighted by Gasteiger charge is -2.49. The van der Waals surface area contributed by atoms with E-state index < -0.39 is 37.7 Å². The van der Waals surface area contributed by atoms with Gasteiger partial charge in [-0.05, 0) is 0 Å². The minimum absolute atomic E-state index is 0.381. The third kappa shape index (κ3) is 3.00. The molecule has 0 unspecified atom stereocenters. The van der Waals surface area contributed by atoms with E-state index in [9.17, 15) is 21.6 Å². The Bertz CT molecular complexity index is 714. The Morgan fingerprint density at radius 3 is 1.64 bits per heavy atom. The minimum Gasteiger partial charge on any atom is -0.380 e. The first-order valence-electron chi connectivity index (χ1n) is 7.89. The number of hydrogen-bond acceptors (Lipinski definition) is 4. The summed E-state index contributed by atoms with van der Waals surface area (Å²) in [6.45, 7) is 0. The van der Waals surface area contributed by atoms with E-state index in [4.69, 9.17) is 5.26 Å². The molecule has 0 amide bonds. The van der Waals surface area contributed by atoms with Gasteiger partial charge in [0, 0.05) is 5.92 Å². The van der Waals surface area contributed by atoms with Crippen LogP contribution in [0.4, 0.5) is 13.2 Å². The van der Waals surface area contributed by atoms with Crippen molar-refractivity contribution in [3.63, 3.8) is 0 Å². The highest BCUT2D eigenvalue weighted by Gasteiger charge is 2.67. The van der Waals surface area contributed by atoms with Gasteiger partial charge in [-0.25, -0.2) is 0 Å². The van der Waals surface area contributed by atoms with Gasteiger partial charge in [0.15, 0.2) is 0 Å². The molecule has 0 aromatic carbocycles. The first-order valence-corrected chi connectivity index (χ1v) is 9.30. The van der Waals surface area contributed by atoms with Crippen molar-refractivity contribution in [2.75, 3.05) is 0 Å². The smallest absolute Gasteiger partial charge is 0.380 e. The van der Waals surface area contributed by atoms with Gasteiger partial charge < -0.3 is 4.18 Å². The lowest BCUT2D eigenvalue weighted by molar-refractivity contribution is -0.0527. The van der Waals surface area contributed by atoms with Gasteiger partial charge in [-0.15, -0.1) is 10.4 Å². The molecule has 1 saturated carbocycles. The van der Waals surface area contributed by atoms with Crippen molar-refractivity contribution in [3.8, 4) is 6.07 Å². The van der Waals surface area contributed by atoms with Crippen LogP contribution in [0.3, 0.4) is 0 Å². The van der Waals surface area contributed by atoms with Crippen LogP contribution in [0.25, 0.3) is 0 Å². The summed E-state index contributed by atoms with van der Waals surface area (Å²) in [5, 5.41) is 6.98. The van der Waals surface area contributed by atoms with Crippen LogP contribution < -0.4 is 0 Å². The highest BCUT2D eigenvalue weighted by atomic mass is 32.2. The van der Waals surface area contributed by atoms with Crippen LogP contribution in [0.5, 0.6) is 0 Å². The van der Waals surface area contributed by atoms with Crippen molar-refractivity contribution >= 4 is 72.9 Å². The molecule has 0 spiro atoms. The number of alkyl halides is 3. The summed E-state index contributed by atoms with van der Waals surface area (Å²) in [6.07, 6.45) is 0.773. The summed E-state index contributed by atoms with van der Waals surface area (Å²) in [5.41, 5.74) is -5.56. The molecular formula is C9H18B8F3NO3S. The van der Waals surface area contributed by atoms with E-state index in [0.29, 0.717) is 0 Å². The molecule has 0 aliphatic heterocycles. The van der Waals surface area contributed by atoms with Crippen LogP contribution in [0.2, 0.25) is 20.9 Å². The minimum atomic E-state index is -5.85. The van der Waals surface area contributed by atoms with E-state index >= 15 is 0 Å². The Morgan fingerprint density at radius 1 is 1.00 bits per heavy atom. The van der Waals surface area contributed by atoms with Gasteiger partial charge in [0.2, 0.25) is 0 Å². The summed E-state index contributed by atoms with van der Waals surface area (Å²) < 4.78 is 65.9. The van der Waals surface area contributed by atoms with E-state index in [1.165, 1.54) is 0 Å². The molecule has 0 atom stereocenters. The van der Waals surface area contributed by atoms with Crippen molar-refractivity contribution in [1.29, 1.82) is 5.26 Å². The molecule has 0 N–H and O–H groups in total. The molecule has 128 valence electrons. The van der Waals surface area contributed by atoms with Crippen LogP contribution >= 0.6 is 0 Å². The maximum atomic E-state index is 12.8. The van der Waals surface area contributed by atoms with E-state index in [-0.39, 0.29) is 10.4 Å². The Morgan fingerprint density at radius 2 is 1.36 bits per heavy atom. The number of nitriles is 1. The molecule has 16 heteroatoms. The third-order valence-electron chi connectivity index (χ3n) is 7.21. The quantitative estimate of drug-likeness (QED) is 0.165. The molecule has 1 fully saturated rings. The molecule has 0 heterocycles. The predicted molar refractivity (Wildman–Crippen MR) is 112 cm³/mol. The predicted octanol–water partition coefficient (Wildman–Crippen LogP) is -5.58. The van der Waals surface area contributed by atoms with Crippen molar-refractivity contribution in [2.24, 2.45) is 5.92 Å². The van der Waals surface area contributed by atoms with Crippen LogP contribution in [0.1, 0.15) is 0 Å². The number of halogens is 3. The molecular weight excluding hydrogens is 346 g/mol. The zero-order valence-electron chi connectivity index (χ0n) is 15.9. The summed E-state index contributed by atoms with van der Waals surface area (Å²) in [5.74, 6) is -1.17. The van der Waals surface area contributed by atoms with Gasteiger partial charge in [0.1, 0.15) is 5.76 Å². The van der Waals surface area contributed by atoms with E-state index in [0.717, 1.165) is 6.08 Å². The van der Waals surface area contributed by atoms with Crippen molar-refractivity contribution < 1.29 is 25.8 Å². The maximum Gasteiger partial charge on any atom is 0.534 e. The second-order valence-corrected chi connectivity index (χ2v) is 10.3. The molecule has 25 heavy (non-hydrogen) atoms. The number of rotatable bonds is 3. The first-order chi connectivity index (χ1) is 10.8. The lowest BCUT2D eigenvalue weighted by Crippen LogP contribution is -2.39. The molecule has 0 aromatic heterocycles. The summed E-state index contributed by atoms with van der Waals surface area (Å²) in [4.78, 5) is 0. The standard InChI is InChI=1S/C9H18B8F3NO3S/c10-5(11)4(6(12,13)8(16,17)7(5,14)15)3(1-2-21)24-25(22,23)9(18,19)20/h1,4H,10-17H2/b3-1-. The number of allylic oxidation sites excluding steroid dienone is 2. The van der Waals surface area contributed by atoms with Crippen LogP contribution in [0.15, 0.2) is 11.8 Å². The molecule has 1 aliphatic carbocycles. The highest BCUT2D eigenvalue weighted by molar-refractivity contribution is 7.87. The Balaban J connectivity index is 3.64. The molecule has 1 aliphatic rings. The van der Waals surface area contributed by atoms with E-state index in [2.05, 4.69) is 4.18 Å². The SMILES string of the molecule is BC1(B)C(/C(=C/C#N)OS(=O)(=O)C(F)(F)F)C(B)(B)C(B)(B)C1(B)B. The number of hydrogen-bond donors (Lipinski definition) is 0. The Hall–Kier alpha value is -0.711. The first kappa shape index (κ1) is 22.3. The van der Waals surface area contributed by atoms with Gasteiger partial charge >= 0.3 is 15.6 Å². The summed E-state index contributed by atoms with van der Waals surface area (Å²) in [6, 6.07) is 1.63.